The third-order valence-corrected chi connectivity index (χ3v) is 5.21. The van der Waals surface area contributed by atoms with Crippen molar-refractivity contribution in [3.05, 3.63) is 0 Å². The van der Waals surface area contributed by atoms with Crippen molar-refractivity contribution in [2.75, 3.05) is 33.2 Å². The number of piperidine rings is 2. The molecule has 1 atom stereocenters. The molecule has 2 aliphatic rings. The summed E-state index contributed by atoms with van der Waals surface area (Å²) in [5, 5.41) is 0. The van der Waals surface area contributed by atoms with Crippen molar-refractivity contribution in [3.8, 4) is 0 Å². The van der Waals surface area contributed by atoms with Gasteiger partial charge >= 0.3 is 0 Å². The van der Waals surface area contributed by atoms with E-state index in [-0.39, 0.29) is 29.1 Å². The average Bonchev–Trinajstić information content (AvgIpc) is 2.44. The summed E-state index contributed by atoms with van der Waals surface area (Å²) in [5.74, 6) is 0.814. The minimum absolute atomic E-state index is 0.0129. The quantitative estimate of drug-likeness (QED) is 0.804. The van der Waals surface area contributed by atoms with E-state index in [9.17, 15) is 9.59 Å². The molecule has 0 saturated carbocycles. The molecule has 0 radical (unpaired) electrons. The molecule has 2 heterocycles. The number of carbonyl (C=O) groups is 2. The van der Waals surface area contributed by atoms with E-state index in [1.165, 1.54) is 0 Å². The Labute approximate surface area is 135 Å². The average molecular weight is 308 g/mol. The maximum absolute atomic E-state index is 12.9. The molecule has 0 aromatic carbocycles. The molecule has 1 amide bonds. The van der Waals surface area contributed by atoms with E-state index in [2.05, 4.69) is 25.8 Å². The number of nitrogens with zero attached hydrogens (tertiary/aromatic N) is 2. The van der Waals surface area contributed by atoms with Crippen LogP contribution in [0.1, 0.15) is 47.0 Å². The molecule has 2 fully saturated rings. The first-order valence-electron chi connectivity index (χ1n) is 8.70. The van der Waals surface area contributed by atoms with Crippen LogP contribution in [0.15, 0.2) is 0 Å². The third-order valence-electron chi connectivity index (χ3n) is 5.21. The van der Waals surface area contributed by atoms with Crippen LogP contribution >= 0.6 is 0 Å². The maximum atomic E-state index is 12.9. The molecule has 2 saturated heterocycles. The first-order valence-corrected chi connectivity index (χ1v) is 8.70. The van der Waals surface area contributed by atoms with Crippen LogP contribution in [0, 0.1) is 23.2 Å². The SMILES string of the molecule is CC(C)C(=O)C1CN(C(=O)C2CCN(C)CC2)CC(C)(C)C1. The second kappa shape index (κ2) is 6.69. The maximum Gasteiger partial charge on any atom is 0.225 e. The lowest BCUT2D eigenvalue weighted by atomic mass is 9.75. The summed E-state index contributed by atoms with van der Waals surface area (Å²) in [6, 6.07) is 0. The van der Waals surface area contributed by atoms with E-state index >= 15 is 0 Å². The number of ketones is 1. The highest BCUT2D eigenvalue weighted by atomic mass is 16.2. The molecule has 2 rings (SSSR count). The fraction of sp³-hybridized carbons (Fsp3) is 0.889. The topological polar surface area (TPSA) is 40.6 Å². The Balaban J connectivity index is 2.05. The molecule has 4 nitrogen and oxygen atoms in total. The van der Waals surface area contributed by atoms with Crippen molar-refractivity contribution in [1.82, 2.24) is 9.80 Å². The van der Waals surface area contributed by atoms with Crippen LogP contribution in [0.4, 0.5) is 0 Å². The van der Waals surface area contributed by atoms with Crippen molar-refractivity contribution in [1.29, 1.82) is 0 Å². The minimum atomic E-state index is 0.0129. The van der Waals surface area contributed by atoms with E-state index < -0.39 is 0 Å². The standard InChI is InChI=1S/C18H32N2O2/c1-13(2)16(21)15-10-18(3,4)12-20(11-15)17(22)14-6-8-19(5)9-7-14/h13-15H,6-12H2,1-5H3. The number of amides is 1. The summed E-state index contributed by atoms with van der Waals surface area (Å²) in [6.07, 6.45) is 2.81. The van der Waals surface area contributed by atoms with Gasteiger partial charge in [-0.3, -0.25) is 9.59 Å². The highest BCUT2D eigenvalue weighted by molar-refractivity contribution is 5.85. The van der Waals surface area contributed by atoms with Crippen molar-refractivity contribution >= 4 is 11.7 Å². The van der Waals surface area contributed by atoms with Crippen LogP contribution < -0.4 is 0 Å². The second-order valence-corrected chi connectivity index (χ2v) is 8.42. The predicted octanol–water partition coefficient (Wildman–Crippen LogP) is 2.43. The van der Waals surface area contributed by atoms with Crippen molar-refractivity contribution in [2.45, 2.75) is 47.0 Å². The van der Waals surface area contributed by atoms with Gasteiger partial charge in [0.1, 0.15) is 5.78 Å². The Morgan fingerprint density at radius 1 is 1.09 bits per heavy atom. The van der Waals surface area contributed by atoms with Crippen molar-refractivity contribution in [2.24, 2.45) is 23.2 Å². The van der Waals surface area contributed by atoms with Crippen LogP contribution in [0.3, 0.4) is 0 Å². The number of carbonyl (C=O) groups excluding carboxylic acids is 2. The van der Waals surface area contributed by atoms with Gasteiger partial charge in [0, 0.05) is 30.8 Å². The van der Waals surface area contributed by atoms with Gasteiger partial charge in [0.25, 0.3) is 0 Å². The monoisotopic (exact) mass is 308 g/mol. The van der Waals surface area contributed by atoms with Gasteiger partial charge in [-0.25, -0.2) is 0 Å². The lowest BCUT2D eigenvalue weighted by Crippen LogP contribution is -2.52. The molecule has 22 heavy (non-hydrogen) atoms. The second-order valence-electron chi connectivity index (χ2n) is 8.42. The Bertz CT molecular complexity index is 423. The molecule has 0 aromatic rings. The van der Waals surface area contributed by atoms with Crippen molar-refractivity contribution < 1.29 is 9.59 Å². The highest BCUT2D eigenvalue weighted by Crippen LogP contribution is 2.35. The summed E-state index contributed by atoms with van der Waals surface area (Å²) in [6.45, 7) is 11.7. The van der Waals surface area contributed by atoms with E-state index in [1.54, 1.807) is 0 Å². The van der Waals surface area contributed by atoms with Gasteiger partial charge in [0.15, 0.2) is 0 Å². The summed E-state index contributed by atoms with van der Waals surface area (Å²) in [7, 11) is 2.11. The molecule has 0 aliphatic carbocycles. The fourth-order valence-electron chi connectivity index (χ4n) is 3.99. The van der Waals surface area contributed by atoms with E-state index in [1.807, 2.05) is 18.7 Å². The lowest BCUT2D eigenvalue weighted by Gasteiger charge is -2.44. The molecule has 126 valence electrons. The zero-order valence-corrected chi connectivity index (χ0v) is 14.9. The third kappa shape index (κ3) is 4.09. The summed E-state index contributed by atoms with van der Waals surface area (Å²) in [4.78, 5) is 29.6. The molecule has 1 unspecified atom stereocenters. The van der Waals surface area contributed by atoms with Crippen molar-refractivity contribution in [3.63, 3.8) is 0 Å². The smallest absolute Gasteiger partial charge is 0.225 e. The molecule has 4 heteroatoms. The number of hydrogen-bond acceptors (Lipinski definition) is 3. The molecule has 0 spiro atoms. The first-order chi connectivity index (χ1) is 10.2. The van der Waals surface area contributed by atoms with E-state index in [4.69, 9.17) is 0 Å². The Hall–Kier alpha value is -0.900. The van der Waals surface area contributed by atoms with Gasteiger partial charge < -0.3 is 9.80 Å². The molecule has 2 aliphatic heterocycles. The molecular weight excluding hydrogens is 276 g/mol. The van der Waals surface area contributed by atoms with Crippen LogP contribution in [0.25, 0.3) is 0 Å². The molecule has 0 aromatic heterocycles. The number of likely N-dealkylation sites (tertiary alicyclic amines) is 2. The van der Waals surface area contributed by atoms with E-state index in [0.717, 1.165) is 38.9 Å². The Kier molecular flexibility index (Phi) is 5.31. The van der Waals surface area contributed by atoms with Gasteiger partial charge in [-0.2, -0.15) is 0 Å². The zero-order valence-electron chi connectivity index (χ0n) is 14.9. The van der Waals surface area contributed by atoms with Crippen LogP contribution in [-0.2, 0) is 9.59 Å². The van der Waals surface area contributed by atoms with Crippen LogP contribution in [0.2, 0.25) is 0 Å². The fourth-order valence-corrected chi connectivity index (χ4v) is 3.99. The molecule has 0 N–H and O–H groups in total. The normalized spacial score (nSPS) is 27.2. The number of Topliss-reactive ketones (excluding diaryl/α,β-unsaturated/α-hetero) is 1. The number of rotatable bonds is 3. The van der Waals surface area contributed by atoms with E-state index in [0.29, 0.717) is 12.3 Å². The minimum Gasteiger partial charge on any atom is -0.341 e. The van der Waals surface area contributed by atoms with Gasteiger partial charge in [-0.05, 0) is 44.8 Å². The molecular formula is C18H32N2O2. The predicted molar refractivity (Wildman–Crippen MR) is 88.5 cm³/mol. The highest BCUT2D eigenvalue weighted by Gasteiger charge is 2.40. The molecule has 0 bridgehead atoms. The van der Waals surface area contributed by atoms with Crippen LogP contribution in [0.5, 0.6) is 0 Å². The summed E-state index contributed by atoms with van der Waals surface area (Å²) >= 11 is 0. The van der Waals surface area contributed by atoms with Gasteiger partial charge in [0.2, 0.25) is 5.91 Å². The largest absolute Gasteiger partial charge is 0.341 e. The Morgan fingerprint density at radius 3 is 2.23 bits per heavy atom. The summed E-state index contributed by atoms with van der Waals surface area (Å²) in [5.41, 5.74) is 0.0363. The van der Waals surface area contributed by atoms with Gasteiger partial charge in [-0.15, -0.1) is 0 Å². The van der Waals surface area contributed by atoms with Gasteiger partial charge in [-0.1, -0.05) is 27.7 Å². The Morgan fingerprint density at radius 2 is 1.68 bits per heavy atom. The van der Waals surface area contributed by atoms with Gasteiger partial charge in [0.05, 0.1) is 0 Å². The summed E-state index contributed by atoms with van der Waals surface area (Å²) < 4.78 is 0. The number of hydrogen-bond donors (Lipinski definition) is 0. The zero-order chi connectivity index (χ0) is 16.5. The lowest BCUT2D eigenvalue weighted by molar-refractivity contribution is -0.144. The first kappa shape index (κ1) is 17.5. The van der Waals surface area contributed by atoms with Crippen LogP contribution in [-0.4, -0.2) is 54.7 Å².